The molecule has 0 aliphatic carbocycles. The lowest BCUT2D eigenvalue weighted by Gasteiger charge is -2.24. The van der Waals surface area contributed by atoms with Crippen LogP contribution in [0.2, 0.25) is 0 Å². The zero-order chi connectivity index (χ0) is 28.0. The van der Waals surface area contributed by atoms with Crippen LogP contribution in [0.25, 0.3) is 16.0 Å². The largest absolute Gasteiger partial charge is 0.507 e. The van der Waals surface area contributed by atoms with Crippen LogP contribution in [-0.2, 0) is 9.59 Å². The highest BCUT2D eigenvalue weighted by atomic mass is 32.1. The maximum absolute atomic E-state index is 13.6. The van der Waals surface area contributed by atoms with Gasteiger partial charge in [-0.3, -0.25) is 14.5 Å². The zero-order valence-corrected chi connectivity index (χ0v) is 22.6. The number of aliphatic hydroxyl groups is 1. The van der Waals surface area contributed by atoms with Gasteiger partial charge in [0.25, 0.3) is 5.78 Å². The molecule has 1 amide bonds. The van der Waals surface area contributed by atoms with Gasteiger partial charge in [0.05, 0.1) is 43.2 Å². The molecule has 1 N–H and O–H groups in total. The van der Waals surface area contributed by atoms with E-state index < -0.39 is 17.7 Å². The highest BCUT2D eigenvalue weighted by molar-refractivity contribution is 7.22. The lowest BCUT2D eigenvalue weighted by atomic mass is 9.95. The van der Waals surface area contributed by atoms with E-state index in [1.807, 2.05) is 6.07 Å². The van der Waals surface area contributed by atoms with Gasteiger partial charge in [-0.1, -0.05) is 17.4 Å². The minimum absolute atomic E-state index is 0.0919. The second kappa shape index (κ2) is 10.1. The summed E-state index contributed by atoms with van der Waals surface area (Å²) in [6, 6.07) is 14.3. The summed E-state index contributed by atoms with van der Waals surface area (Å²) in [4.78, 5) is 33.2. The average Bonchev–Trinajstić information content (AvgIpc) is 3.53. The number of hydrogen-bond acceptors (Lipinski definition) is 10. The van der Waals surface area contributed by atoms with Gasteiger partial charge < -0.3 is 28.8 Å². The van der Waals surface area contributed by atoms with Gasteiger partial charge in [0.15, 0.2) is 28.1 Å². The van der Waals surface area contributed by atoms with Crippen molar-refractivity contribution in [3.63, 3.8) is 0 Å². The lowest BCUT2D eigenvalue weighted by Crippen LogP contribution is -2.29. The molecule has 2 aliphatic rings. The van der Waals surface area contributed by atoms with E-state index in [4.69, 9.17) is 23.7 Å². The number of methoxy groups -OCH3 is 3. The van der Waals surface area contributed by atoms with Crippen LogP contribution in [0.5, 0.6) is 28.7 Å². The maximum atomic E-state index is 13.6. The third-order valence-electron chi connectivity index (χ3n) is 6.77. The standard InChI is InChI=1S/C29H24N2O8S/c1-35-17-6-7-18-23(14-17)40-29(30-18)31-25(15-4-8-19(36-2)21(12-15)37-3)24(27(33)28(31)34)26(32)16-5-9-20-22(13-16)39-11-10-38-20/h4-9,12-14,25,32H,10-11H2,1-3H3/b26-24+/t25-/m1/s1. The van der Waals surface area contributed by atoms with Crippen molar-refractivity contribution in [1.82, 2.24) is 4.98 Å². The smallest absolute Gasteiger partial charge is 0.301 e. The van der Waals surface area contributed by atoms with E-state index in [9.17, 15) is 14.7 Å². The first-order valence-corrected chi connectivity index (χ1v) is 13.1. The molecule has 3 aromatic carbocycles. The molecule has 1 aromatic heterocycles. The van der Waals surface area contributed by atoms with Gasteiger partial charge in [-0.2, -0.15) is 0 Å². The second-order valence-corrected chi connectivity index (χ2v) is 9.98. The number of Topliss-reactive ketones (excluding diaryl/α,β-unsaturated/α-hetero) is 1. The number of carbonyl (C=O) groups is 2. The minimum Gasteiger partial charge on any atom is -0.507 e. The predicted octanol–water partition coefficient (Wildman–Crippen LogP) is 4.72. The number of carbonyl (C=O) groups excluding carboxylic acids is 2. The average molecular weight is 561 g/mol. The summed E-state index contributed by atoms with van der Waals surface area (Å²) in [5.41, 5.74) is 1.38. The van der Waals surface area contributed by atoms with Crippen molar-refractivity contribution in [3.8, 4) is 28.7 Å². The number of fused-ring (bicyclic) bond motifs is 2. The molecule has 2 aliphatic heterocycles. The van der Waals surface area contributed by atoms with Gasteiger partial charge in [-0.15, -0.1) is 0 Å². The van der Waals surface area contributed by atoms with E-state index in [0.717, 1.165) is 4.70 Å². The fourth-order valence-electron chi connectivity index (χ4n) is 4.84. The molecule has 4 aromatic rings. The van der Waals surface area contributed by atoms with Crippen LogP contribution in [0.1, 0.15) is 17.2 Å². The first-order valence-electron chi connectivity index (χ1n) is 12.3. The summed E-state index contributed by atoms with van der Waals surface area (Å²) in [6.07, 6.45) is 0. The molecule has 0 spiro atoms. The van der Waals surface area contributed by atoms with Gasteiger partial charge >= 0.3 is 5.91 Å². The molecular formula is C29H24N2O8S. The fraction of sp³-hybridized carbons (Fsp3) is 0.207. The van der Waals surface area contributed by atoms with E-state index in [2.05, 4.69) is 4.98 Å². The molecule has 3 heterocycles. The Morgan fingerprint density at radius 2 is 1.70 bits per heavy atom. The fourth-order valence-corrected chi connectivity index (χ4v) is 5.86. The van der Waals surface area contributed by atoms with Crippen LogP contribution in [0, 0.1) is 0 Å². The lowest BCUT2D eigenvalue weighted by molar-refractivity contribution is -0.132. The van der Waals surface area contributed by atoms with E-state index >= 15 is 0 Å². The normalized spacial score (nSPS) is 17.8. The number of ketones is 1. The molecule has 1 atom stereocenters. The Labute approximate surface area is 232 Å². The van der Waals surface area contributed by atoms with E-state index in [-0.39, 0.29) is 11.3 Å². The summed E-state index contributed by atoms with van der Waals surface area (Å²) in [7, 11) is 4.58. The molecule has 1 fully saturated rings. The van der Waals surface area contributed by atoms with Crippen LogP contribution in [0.4, 0.5) is 5.13 Å². The Hall–Kier alpha value is -4.77. The van der Waals surface area contributed by atoms with Crippen LogP contribution in [0.15, 0.2) is 60.2 Å². The summed E-state index contributed by atoms with van der Waals surface area (Å²) in [6.45, 7) is 0.770. The molecule has 0 radical (unpaired) electrons. The van der Waals surface area contributed by atoms with Gasteiger partial charge in [-0.25, -0.2) is 4.98 Å². The van der Waals surface area contributed by atoms with Gasteiger partial charge in [0.2, 0.25) is 0 Å². The molecule has 40 heavy (non-hydrogen) atoms. The van der Waals surface area contributed by atoms with Gasteiger partial charge in [0, 0.05) is 5.56 Å². The van der Waals surface area contributed by atoms with Crippen molar-refractivity contribution >= 4 is 44.1 Å². The number of benzene rings is 3. The maximum Gasteiger partial charge on any atom is 0.301 e. The van der Waals surface area contributed by atoms with Crippen LogP contribution < -0.4 is 28.6 Å². The van der Waals surface area contributed by atoms with Crippen molar-refractivity contribution in [2.75, 3.05) is 39.4 Å². The molecule has 6 rings (SSSR count). The number of hydrogen-bond donors (Lipinski definition) is 1. The number of nitrogens with zero attached hydrogens (tertiary/aromatic N) is 2. The first-order chi connectivity index (χ1) is 19.4. The summed E-state index contributed by atoms with van der Waals surface area (Å²) < 4.78 is 28.2. The molecular weight excluding hydrogens is 536 g/mol. The van der Waals surface area contributed by atoms with Crippen molar-refractivity contribution in [1.29, 1.82) is 0 Å². The molecule has 204 valence electrons. The zero-order valence-electron chi connectivity index (χ0n) is 21.8. The van der Waals surface area contributed by atoms with Crippen LogP contribution in [-0.4, -0.2) is 56.3 Å². The van der Waals surface area contributed by atoms with Gasteiger partial charge in [-0.05, 0) is 54.1 Å². The molecule has 0 saturated carbocycles. The van der Waals surface area contributed by atoms with Gasteiger partial charge in [0.1, 0.15) is 24.7 Å². The summed E-state index contributed by atoms with van der Waals surface area (Å²) in [5.74, 6) is 0.479. The van der Waals surface area contributed by atoms with Crippen molar-refractivity contribution in [2.45, 2.75) is 6.04 Å². The third-order valence-corrected chi connectivity index (χ3v) is 7.79. The number of aliphatic hydroxyl groups excluding tert-OH is 1. The topological polar surface area (TPSA) is 117 Å². The Morgan fingerprint density at radius 1 is 0.925 bits per heavy atom. The highest BCUT2D eigenvalue weighted by Gasteiger charge is 2.48. The van der Waals surface area contributed by atoms with E-state index in [0.29, 0.717) is 63.7 Å². The Kier molecular flexibility index (Phi) is 6.43. The number of ether oxygens (including phenoxy) is 5. The van der Waals surface area contributed by atoms with Crippen LogP contribution >= 0.6 is 11.3 Å². The number of thiazole rings is 1. The molecule has 0 bridgehead atoms. The van der Waals surface area contributed by atoms with Crippen molar-refractivity contribution < 1.29 is 38.4 Å². The molecule has 10 nitrogen and oxygen atoms in total. The highest BCUT2D eigenvalue weighted by Crippen LogP contribution is 2.46. The Balaban J connectivity index is 1.55. The van der Waals surface area contributed by atoms with E-state index in [1.165, 1.54) is 30.5 Å². The molecule has 0 unspecified atom stereocenters. The summed E-state index contributed by atoms with van der Waals surface area (Å²) >= 11 is 1.24. The molecule has 11 heteroatoms. The van der Waals surface area contributed by atoms with Crippen LogP contribution in [0.3, 0.4) is 0 Å². The van der Waals surface area contributed by atoms with Crippen molar-refractivity contribution in [3.05, 3.63) is 71.3 Å². The third kappa shape index (κ3) is 4.15. The minimum atomic E-state index is -1.00. The first kappa shape index (κ1) is 25.5. The predicted molar refractivity (Wildman–Crippen MR) is 148 cm³/mol. The monoisotopic (exact) mass is 560 g/mol. The number of aromatic nitrogens is 1. The number of rotatable bonds is 6. The summed E-state index contributed by atoms with van der Waals surface area (Å²) in [5, 5.41) is 11.8. The molecule has 1 saturated heterocycles. The van der Waals surface area contributed by atoms with E-state index in [1.54, 1.807) is 55.6 Å². The second-order valence-electron chi connectivity index (χ2n) is 8.97. The quantitative estimate of drug-likeness (QED) is 0.203. The van der Waals surface area contributed by atoms with Crippen molar-refractivity contribution in [2.24, 2.45) is 0 Å². The number of anilines is 1. The Bertz CT molecular complexity index is 1690. The SMILES string of the molecule is COc1ccc2nc(N3C(=O)C(=O)/C(=C(/O)c4ccc5c(c4)OCCO5)[C@H]3c3ccc(OC)c(OC)c3)sc2c1. The Morgan fingerprint density at radius 3 is 2.45 bits per heavy atom. The number of amides is 1.